The molecule has 0 spiro atoms. The Morgan fingerprint density at radius 1 is 1.43 bits per heavy atom. The van der Waals surface area contributed by atoms with Crippen molar-refractivity contribution >= 4 is 16.8 Å². The molecule has 0 radical (unpaired) electrons. The molecule has 3 rings (SSSR count). The normalized spacial score (nSPS) is 20.4. The number of ether oxygens (including phenoxy) is 2. The highest BCUT2D eigenvalue weighted by Gasteiger charge is 2.29. The molecular formula is C18H24N2O3. The van der Waals surface area contributed by atoms with Gasteiger partial charge in [0.2, 0.25) is 5.91 Å². The van der Waals surface area contributed by atoms with Crippen molar-refractivity contribution in [1.29, 1.82) is 0 Å². The van der Waals surface area contributed by atoms with E-state index in [4.69, 9.17) is 9.47 Å². The monoisotopic (exact) mass is 316 g/mol. The predicted molar refractivity (Wildman–Crippen MR) is 89.7 cm³/mol. The summed E-state index contributed by atoms with van der Waals surface area (Å²) in [6, 6.07) is 8.07. The molecule has 1 N–H and O–H groups in total. The molecule has 1 aromatic heterocycles. The number of carbonyl (C=O) groups is 1. The van der Waals surface area contributed by atoms with Crippen LogP contribution in [0, 0.1) is 0 Å². The number of carbonyl (C=O) groups excluding carboxylic acids is 1. The second kappa shape index (κ2) is 6.24. The zero-order chi connectivity index (χ0) is 16.4. The quantitative estimate of drug-likeness (QED) is 0.943. The van der Waals surface area contributed by atoms with Gasteiger partial charge < -0.3 is 19.4 Å². The standard InChI is InChI=1S/C18H24N2O3/c1-18(2)11-14(7-9-23-18)19-17(21)12-20-8-6-13-10-15(22-3)4-5-16(13)20/h4-6,8,10,14H,7,9,11-12H2,1-3H3,(H,19,21)/t14-/m0/s1. The van der Waals surface area contributed by atoms with E-state index in [9.17, 15) is 4.79 Å². The third kappa shape index (κ3) is 3.67. The number of fused-ring (bicyclic) bond motifs is 1. The smallest absolute Gasteiger partial charge is 0.240 e. The number of methoxy groups -OCH3 is 1. The first kappa shape index (κ1) is 15.9. The van der Waals surface area contributed by atoms with Gasteiger partial charge >= 0.3 is 0 Å². The third-order valence-corrected chi connectivity index (χ3v) is 4.35. The zero-order valence-electron chi connectivity index (χ0n) is 14.0. The fourth-order valence-electron chi connectivity index (χ4n) is 3.23. The Morgan fingerprint density at radius 3 is 3.00 bits per heavy atom. The van der Waals surface area contributed by atoms with E-state index < -0.39 is 0 Å². The summed E-state index contributed by atoms with van der Waals surface area (Å²) in [6.45, 7) is 5.16. The fraction of sp³-hybridized carbons (Fsp3) is 0.500. The molecule has 2 heterocycles. The van der Waals surface area contributed by atoms with Crippen molar-refractivity contribution in [3.63, 3.8) is 0 Å². The van der Waals surface area contributed by atoms with Crippen LogP contribution in [0.1, 0.15) is 26.7 Å². The molecule has 1 saturated heterocycles. The van der Waals surface area contributed by atoms with E-state index in [2.05, 4.69) is 19.2 Å². The van der Waals surface area contributed by atoms with Crippen molar-refractivity contribution in [2.45, 2.75) is 44.9 Å². The minimum absolute atomic E-state index is 0.0426. The second-order valence-corrected chi connectivity index (χ2v) is 6.73. The Labute approximate surface area is 136 Å². The van der Waals surface area contributed by atoms with E-state index in [1.54, 1.807) is 7.11 Å². The maximum Gasteiger partial charge on any atom is 0.240 e. The molecule has 5 heteroatoms. The van der Waals surface area contributed by atoms with Gasteiger partial charge in [-0.1, -0.05) is 0 Å². The summed E-state index contributed by atoms with van der Waals surface area (Å²) in [5, 5.41) is 4.21. The van der Waals surface area contributed by atoms with E-state index in [1.807, 2.05) is 35.0 Å². The lowest BCUT2D eigenvalue weighted by molar-refractivity contribution is -0.124. The van der Waals surface area contributed by atoms with Gasteiger partial charge in [-0.15, -0.1) is 0 Å². The zero-order valence-corrected chi connectivity index (χ0v) is 14.0. The van der Waals surface area contributed by atoms with Crippen LogP contribution in [0.3, 0.4) is 0 Å². The largest absolute Gasteiger partial charge is 0.497 e. The van der Waals surface area contributed by atoms with Crippen molar-refractivity contribution in [2.24, 2.45) is 0 Å². The number of nitrogens with zero attached hydrogens (tertiary/aromatic N) is 1. The Hall–Kier alpha value is -2.01. The number of nitrogens with one attached hydrogen (secondary N) is 1. The number of benzene rings is 1. The lowest BCUT2D eigenvalue weighted by atomic mass is 9.94. The summed E-state index contributed by atoms with van der Waals surface area (Å²) in [7, 11) is 1.65. The van der Waals surface area contributed by atoms with Gasteiger partial charge in [0.25, 0.3) is 0 Å². The summed E-state index contributed by atoms with van der Waals surface area (Å²) in [6.07, 6.45) is 3.67. The van der Waals surface area contributed by atoms with Crippen molar-refractivity contribution in [1.82, 2.24) is 9.88 Å². The molecule has 5 nitrogen and oxygen atoms in total. The summed E-state index contributed by atoms with van der Waals surface area (Å²) in [5.41, 5.74) is 0.876. The van der Waals surface area contributed by atoms with Gasteiger partial charge in [0.05, 0.1) is 12.7 Å². The average Bonchev–Trinajstić information content (AvgIpc) is 2.88. The van der Waals surface area contributed by atoms with Crippen molar-refractivity contribution in [3.8, 4) is 5.75 Å². The van der Waals surface area contributed by atoms with Gasteiger partial charge in [-0.3, -0.25) is 4.79 Å². The fourth-order valence-corrected chi connectivity index (χ4v) is 3.23. The first-order valence-electron chi connectivity index (χ1n) is 8.03. The molecule has 1 aliphatic rings. The molecule has 0 aliphatic carbocycles. The van der Waals surface area contributed by atoms with Crippen LogP contribution in [0.25, 0.3) is 10.9 Å². The number of aromatic nitrogens is 1. The molecule has 0 bridgehead atoms. The molecular weight excluding hydrogens is 292 g/mol. The van der Waals surface area contributed by atoms with E-state index >= 15 is 0 Å². The molecule has 0 saturated carbocycles. The predicted octanol–water partition coefficient (Wildman–Crippen LogP) is 2.72. The maximum absolute atomic E-state index is 12.4. The molecule has 1 atom stereocenters. The lowest BCUT2D eigenvalue weighted by Crippen LogP contribution is -2.46. The molecule has 1 aliphatic heterocycles. The SMILES string of the molecule is COc1ccc2c(ccn2CC(=O)N[C@H]2CCOC(C)(C)C2)c1. The van der Waals surface area contributed by atoms with Gasteiger partial charge in [-0.2, -0.15) is 0 Å². The minimum Gasteiger partial charge on any atom is -0.497 e. The summed E-state index contributed by atoms with van der Waals surface area (Å²) in [5.74, 6) is 0.866. The average molecular weight is 316 g/mol. The Bertz CT molecular complexity index is 705. The minimum atomic E-state index is -0.160. The second-order valence-electron chi connectivity index (χ2n) is 6.73. The van der Waals surface area contributed by atoms with Crippen LogP contribution in [-0.2, 0) is 16.1 Å². The first-order valence-corrected chi connectivity index (χ1v) is 8.03. The number of hydrogen-bond donors (Lipinski definition) is 1. The van der Waals surface area contributed by atoms with Gasteiger partial charge in [0.1, 0.15) is 12.3 Å². The lowest BCUT2D eigenvalue weighted by Gasteiger charge is -2.35. The van der Waals surface area contributed by atoms with Crippen LogP contribution in [0.4, 0.5) is 0 Å². The topological polar surface area (TPSA) is 52.5 Å². The first-order chi connectivity index (χ1) is 11.0. The molecule has 1 aromatic carbocycles. The Balaban J connectivity index is 1.66. The van der Waals surface area contributed by atoms with E-state index in [1.165, 1.54) is 0 Å². The number of amides is 1. The summed E-state index contributed by atoms with van der Waals surface area (Å²) in [4.78, 5) is 12.4. The number of rotatable bonds is 4. The van der Waals surface area contributed by atoms with Crippen molar-refractivity contribution in [2.75, 3.05) is 13.7 Å². The molecule has 1 amide bonds. The molecule has 124 valence electrons. The summed E-state index contributed by atoms with van der Waals surface area (Å²) < 4.78 is 12.9. The van der Waals surface area contributed by atoms with Gasteiger partial charge in [0, 0.05) is 29.7 Å². The highest BCUT2D eigenvalue weighted by atomic mass is 16.5. The molecule has 1 fully saturated rings. The summed E-state index contributed by atoms with van der Waals surface area (Å²) >= 11 is 0. The Morgan fingerprint density at radius 2 is 2.26 bits per heavy atom. The van der Waals surface area contributed by atoms with E-state index in [0.717, 1.165) is 29.5 Å². The van der Waals surface area contributed by atoms with Gasteiger partial charge in [-0.05, 0) is 51.0 Å². The van der Waals surface area contributed by atoms with Crippen molar-refractivity contribution < 1.29 is 14.3 Å². The highest BCUT2D eigenvalue weighted by molar-refractivity contribution is 5.84. The molecule has 0 unspecified atom stereocenters. The molecule has 2 aromatic rings. The van der Waals surface area contributed by atoms with Crippen LogP contribution in [0.5, 0.6) is 5.75 Å². The van der Waals surface area contributed by atoms with Crippen LogP contribution in [0.15, 0.2) is 30.5 Å². The van der Waals surface area contributed by atoms with Gasteiger partial charge in [0.15, 0.2) is 0 Å². The maximum atomic E-state index is 12.4. The van der Waals surface area contributed by atoms with Crippen LogP contribution in [0.2, 0.25) is 0 Å². The number of hydrogen-bond acceptors (Lipinski definition) is 3. The van der Waals surface area contributed by atoms with Crippen LogP contribution < -0.4 is 10.1 Å². The van der Waals surface area contributed by atoms with Gasteiger partial charge in [-0.25, -0.2) is 0 Å². The van der Waals surface area contributed by atoms with Crippen molar-refractivity contribution in [3.05, 3.63) is 30.5 Å². The van der Waals surface area contributed by atoms with Crippen LogP contribution >= 0.6 is 0 Å². The Kier molecular flexibility index (Phi) is 4.31. The third-order valence-electron chi connectivity index (χ3n) is 4.35. The van der Waals surface area contributed by atoms with E-state index in [0.29, 0.717) is 13.2 Å². The van der Waals surface area contributed by atoms with E-state index in [-0.39, 0.29) is 17.6 Å². The van der Waals surface area contributed by atoms with Crippen LogP contribution in [-0.4, -0.2) is 35.8 Å². The highest BCUT2D eigenvalue weighted by Crippen LogP contribution is 2.24. The molecule has 23 heavy (non-hydrogen) atoms.